The van der Waals surface area contributed by atoms with Crippen molar-refractivity contribution in [3.63, 3.8) is 0 Å². The molecule has 8 nitrogen and oxygen atoms in total. The number of anilines is 2. The molecule has 0 atom stereocenters. The van der Waals surface area contributed by atoms with E-state index >= 15 is 0 Å². The molecule has 0 aromatic heterocycles. The lowest BCUT2D eigenvalue weighted by atomic mass is 9.85. The maximum absolute atomic E-state index is 12.7. The van der Waals surface area contributed by atoms with Crippen LogP contribution in [0.4, 0.5) is 21.0 Å². The zero-order chi connectivity index (χ0) is 25.7. The summed E-state index contributed by atoms with van der Waals surface area (Å²) in [6, 6.07) is 13.3. The van der Waals surface area contributed by atoms with Crippen LogP contribution in [0.2, 0.25) is 0 Å². The first-order chi connectivity index (χ1) is 17.3. The number of fused-ring (bicyclic) bond motifs is 1. The van der Waals surface area contributed by atoms with Crippen LogP contribution in [-0.4, -0.2) is 40.7 Å². The number of amides is 3. The maximum Gasteiger partial charge on any atom is 0.410 e. The van der Waals surface area contributed by atoms with E-state index in [0.717, 1.165) is 35.2 Å². The quantitative estimate of drug-likeness (QED) is 0.459. The molecule has 0 radical (unpaired) electrons. The Morgan fingerprint density at radius 1 is 1.03 bits per heavy atom. The first-order valence-electron chi connectivity index (χ1n) is 12.7. The number of aliphatic carboxylic acids is 1. The summed E-state index contributed by atoms with van der Waals surface area (Å²) in [6.45, 7) is 5.20. The molecule has 0 bridgehead atoms. The number of para-hydroxylation sites is 1. The SMILES string of the molecule is CC(C)c1ccccc1NC(=O)Nc1ccc2c(c1)CCN(C(=O)OC1CCC(CC(=O)O)CC1)C2. The molecule has 1 heterocycles. The number of rotatable bonds is 6. The number of carbonyl (C=O) groups is 3. The van der Waals surface area contributed by atoms with Crippen molar-refractivity contribution in [2.24, 2.45) is 5.92 Å². The highest BCUT2D eigenvalue weighted by atomic mass is 16.6. The van der Waals surface area contributed by atoms with Crippen molar-refractivity contribution in [3.05, 3.63) is 59.2 Å². The molecule has 3 N–H and O–H groups in total. The second-order valence-electron chi connectivity index (χ2n) is 10.1. The lowest BCUT2D eigenvalue weighted by molar-refractivity contribution is -0.138. The van der Waals surface area contributed by atoms with Gasteiger partial charge in [-0.1, -0.05) is 38.1 Å². The van der Waals surface area contributed by atoms with E-state index in [2.05, 4.69) is 24.5 Å². The van der Waals surface area contributed by atoms with Gasteiger partial charge in [-0.2, -0.15) is 0 Å². The molecule has 3 amide bonds. The van der Waals surface area contributed by atoms with E-state index in [1.165, 1.54) is 0 Å². The number of nitrogens with zero attached hydrogens (tertiary/aromatic N) is 1. The number of hydrogen-bond acceptors (Lipinski definition) is 4. The van der Waals surface area contributed by atoms with Crippen LogP contribution in [0.25, 0.3) is 0 Å². The fourth-order valence-electron chi connectivity index (χ4n) is 5.10. The minimum Gasteiger partial charge on any atom is -0.481 e. The Morgan fingerprint density at radius 2 is 1.78 bits per heavy atom. The fourth-order valence-corrected chi connectivity index (χ4v) is 5.10. The largest absolute Gasteiger partial charge is 0.481 e. The van der Waals surface area contributed by atoms with Crippen molar-refractivity contribution in [1.82, 2.24) is 4.90 Å². The number of benzene rings is 2. The zero-order valence-electron chi connectivity index (χ0n) is 21.0. The minimum atomic E-state index is -0.766. The highest BCUT2D eigenvalue weighted by molar-refractivity contribution is 6.00. The first-order valence-corrected chi connectivity index (χ1v) is 12.7. The second-order valence-corrected chi connectivity index (χ2v) is 10.1. The fraction of sp³-hybridized carbons (Fsp3) is 0.464. The molecule has 0 unspecified atom stereocenters. The Hall–Kier alpha value is -3.55. The van der Waals surface area contributed by atoms with Crippen molar-refractivity contribution in [1.29, 1.82) is 0 Å². The van der Waals surface area contributed by atoms with Gasteiger partial charge in [0.1, 0.15) is 6.10 Å². The summed E-state index contributed by atoms with van der Waals surface area (Å²) in [5.74, 6) is -0.293. The number of carboxylic acids is 1. The summed E-state index contributed by atoms with van der Waals surface area (Å²) in [4.78, 5) is 38.0. The standard InChI is InChI=1S/C28H35N3O5/c1-18(2)24-5-3-4-6-25(24)30-27(34)29-22-10-9-21-17-31(14-13-20(21)16-22)28(35)36-23-11-7-19(8-12-23)15-26(32)33/h3-6,9-10,16,18-19,23H,7-8,11-15,17H2,1-2H3,(H,32,33)(H2,29,30,34). The third kappa shape index (κ3) is 6.56. The average Bonchev–Trinajstić information content (AvgIpc) is 2.84. The summed E-state index contributed by atoms with van der Waals surface area (Å²) >= 11 is 0. The smallest absolute Gasteiger partial charge is 0.410 e. The number of nitrogens with one attached hydrogen (secondary N) is 2. The van der Waals surface area contributed by atoms with Crippen molar-refractivity contribution in [2.45, 2.75) is 70.9 Å². The molecule has 192 valence electrons. The number of ether oxygens (including phenoxy) is 1. The average molecular weight is 494 g/mol. The van der Waals surface area contributed by atoms with E-state index < -0.39 is 5.97 Å². The van der Waals surface area contributed by atoms with Crippen LogP contribution in [0.3, 0.4) is 0 Å². The van der Waals surface area contributed by atoms with Crippen molar-refractivity contribution >= 4 is 29.5 Å². The van der Waals surface area contributed by atoms with Gasteiger partial charge >= 0.3 is 18.1 Å². The summed E-state index contributed by atoms with van der Waals surface area (Å²) in [6.07, 6.45) is 3.40. The Balaban J connectivity index is 1.29. The third-order valence-corrected chi connectivity index (χ3v) is 7.09. The van der Waals surface area contributed by atoms with E-state index in [9.17, 15) is 14.4 Å². The molecular formula is C28H35N3O5. The Bertz CT molecular complexity index is 1110. The van der Waals surface area contributed by atoms with Crippen LogP contribution in [0, 0.1) is 5.92 Å². The van der Waals surface area contributed by atoms with Crippen molar-refractivity contribution in [3.8, 4) is 0 Å². The minimum absolute atomic E-state index is 0.144. The van der Waals surface area contributed by atoms with E-state index in [4.69, 9.17) is 9.84 Å². The molecule has 2 aliphatic rings. The highest BCUT2D eigenvalue weighted by Crippen LogP contribution is 2.30. The van der Waals surface area contributed by atoms with E-state index in [1.54, 1.807) is 4.90 Å². The number of urea groups is 1. The van der Waals surface area contributed by atoms with Crippen LogP contribution in [0.15, 0.2) is 42.5 Å². The van der Waals surface area contributed by atoms with Crippen LogP contribution in [0.1, 0.15) is 68.6 Å². The molecule has 1 fully saturated rings. The lowest BCUT2D eigenvalue weighted by Crippen LogP contribution is -2.39. The van der Waals surface area contributed by atoms with Crippen LogP contribution in [0.5, 0.6) is 0 Å². The molecule has 2 aromatic carbocycles. The molecule has 8 heteroatoms. The van der Waals surface area contributed by atoms with Crippen molar-refractivity contribution in [2.75, 3.05) is 17.2 Å². The van der Waals surface area contributed by atoms with Gasteiger partial charge < -0.3 is 25.4 Å². The van der Waals surface area contributed by atoms with Crippen molar-refractivity contribution < 1.29 is 24.2 Å². The molecule has 0 spiro atoms. The van der Waals surface area contributed by atoms with Gasteiger partial charge in [0.2, 0.25) is 0 Å². The second kappa shape index (κ2) is 11.5. The molecular weight excluding hydrogens is 458 g/mol. The molecule has 0 saturated heterocycles. The van der Waals surface area contributed by atoms with E-state index in [-0.39, 0.29) is 30.6 Å². The molecule has 1 saturated carbocycles. The summed E-state index contributed by atoms with van der Waals surface area (Å²) in [5.41, 5.74) is 4.74. The number of hydrogen-bond donors (Lipinski definition) is 3. The predicted molar refractivity (Wildman–Crippen MR) is 138 cm³/mol. The monoisotopic (exact) mass is 493 g/mol. The summed E-state index contributed by atoms with van der Waals surface area (Å²) < 4.78 is 5.73. The third-order valence-electron chi connectivity index (χ3n) is 7.09. The molecule has 2 aromatic rings. The van der Waals surface area contributed by atoms with Gasteiger partial charge in [0, 0.05) is 30.9 Å². The van der Waals surface area contributed by atoms with E-state index in [0.29, 0.717) is 44.0 Å². The topological polar surface area (TPSA) is 108 Å². The first kappa shape index (κ1) is 25.5. The summed E-state index contributed by atoms with van der Waals surface area (Å²) in [7, 11) is 0. The van der Waals surface area contributed by atoms with Gasteiger partial charge in [-0.15, -0.1) is 0 Å². The van der Waals surface area contributed by atoms with E-state index in [1.807, 2.05) is 42.5 Å². The van der Waals surface area contributed by atoms with Gasteiger partial charge in [-0.25, -0.2) is 9.59 Å². The molecule has 4 rings (SSSR count). The molecule has 36 heavy (non-hydrogen) atoms. The van der Waals surface area contributed by atoms with Crippen LogP contribution in [-0.2, 0) is 22.5 Å². The normalized spacial score (nSPS) is 19.4. The molecule has 1 aliphatic heterocycles. The Kier molecular flexibility index (Phi) is 8.13. The van der Waals surface area contributed by atoms with Gasteiger partial charge in [0.15, 0.2) is 0 Å². The Morgan fingerprint density at radius 3 is 2.50 bits per heavy atom. The van der Waals surface area contributed by atoms with Gasteiger partial charge in [-0.05, 0) is 78.8 Å². The van der Waals surface area contributed by atoms with Crippen LogP contribution < -0.4 is 10.6 Å². The summed E-state index contributed by atoms with van der Waals surface area (Å²) in [5, 5.41) is 14.8. The van der Waals surface area contributed by atoms with Gasteiger partial charge in [0.25, 0.3) is 0 Å². The predicted octanol–water partition coefficient (Wildman–Crippen LogP) is 5.98. The Labute approximate surface area is 212 Å². The maximum atomic E-state index is 12.7. The lowest BCUT2D eigenvalue weighted by Gasteiger charge is -2.32. The highest BCUT2D eigenvalue weighted by Gasteiger charge is 2.28. The van der Waals surface area contributed by atoms with Crippen LogP contribution >= 0.6 is 0 Å². The number of carboxylic acid groups (broad SMARTS) is 1. The van der Waals surface area contributed by atoms with Gasteiger partial charge in [-0.3, -0.25) is 4.79 Å². The van der Waals surface area contributed by atoms with Gasteiger partial charge in [0.05, 0.1) is 0 Å². The zero-order valence-corrected chi connectivity index (χ0v) is 21.0. The molecule has 1 aliphatic carbocycles. The number of carbonyl (C=O) groups excluding carboxylic acids is 2.